The summed E-state index contributed by atoms with van der Waals surface area (Å²) in [5, 5.41) is 4.20. The highest BCUT2D eigenvalue weighted by Crippen LogP contribution is 2.09. The lowest BCUT2D eigenvalue weighted by Crippen LogP contribution is -2.05. The van der Waals surface area contributed by atoms with E-state index in [1.54, 1.807) is 10.9 Å². The summed E-state index contributed by atoms with van der Waals surface area (Å²) in [6.07, 6.45) is 4.36. The fourth-order valence-electron chi connectivity index (χ4n) is 1.99. The quantitative estimate of drug-likeness (QED) is 0.717. The van der Waals surface area contributed by atoms with E-state index in [1.807, 2.05) is 43.5 Å². The number of hydrogen-bond donors (Lipinski definition) is 0. The van der Waals surface area contributed by atoms with E-state index in [2.05, 4.69) is 27.2 Å². The Morgan fingerprint density at radius 1 is 1.05 bits per heavy atom. The Morgan fingerprint density at radius 3 is 2.63 bits per heavy atom. The molecule has 4 nitrogen and oxygen atoms in total. The zero-order valence-corrected chi connectivity index (χ0v) is 10.7. The van der Waals surface area contributed by atoms with E-state index in [1.165, 1.54) is 5.56 Å². The van der Waals surface area contributed by atoms with Gasteiger partial charge in [-0.2, -0.15) is 5.10 Å². The van der Waals surface area contributed by atoms with Crippen LogP contribution in [0, 0.1) is 6.92 Å². The molecule has 0 radical (unpaired) electrons. The summed E-state index contributed by atoms with van der Waals surface area (Å²) in [6, 6.07) is 14.0. The van der Waals surface area contributed by atoms with Crippen LogP contribution in [0.3, 0.4) is 0 Å². The molecule has 0 aliphatic rings. The van der Waals surface area contributed by atoms with Crippen molar-refractivity contribution >= 4 is 0 Å². The molecule has 4 heteroatoms. The van der Waals surface area contributed by atoms with Gasteiger partial charge >= 0.3 is 0 Å². The van der Waals surface area contributed by atoms with Crippen LogP contribution in [0.4, 0.5) is 0 Å². The molecule has 0 atom stereocenters. The molecule has 94 valence electrons. The number of aryl methyl sites for hydroxylation is 1. The Labute approximate surface area is 111 Å². The van der Waals surface area contributed by atoms with Gasteiger partial charge in [-0.15, -0.1) is 0 Å². The SMILES string of the molecule is Cc1cc(-n2cccn2)nc(Cc2ccccc2)n1. The summed E-state index contributed by atoms with van der Waals surface area (Å²) < 4.78 is 1.75. The number of rotatable bonds is 3. The van der Waals surface area contributed by atoms with Crippen molar-refractivity contribution in [1.82, 2.24) is 19.7 Å². The Balaban J connectivity index is 1.94. The predicted octanol–water partition coefficient (Wildman–Crippen LogP) is 2.56. The molecule has 3 rings (SSSR count). The third-order valence-corrected chi connectivity index (χ3v) is 2.83. The lowest BCUT2D eigenvalue weighted by molar-refractivity contribution is 0.811. The molecule has 0 saturated heterocycles. The van der Waals surface area contributed by atoms with E-state index >= 15 is 0 Å². The van der Waals surface area contributed by atoms with Crippen molar-refractivity contribution in [1.29, 1.82) is 0 Å². The van der Waals surface area contributed by atoms with E-state index in [-0.39, 0.29) is 0 Å². The van der Waals surface area contributed by atoms with Gasteiger partial charge in [-0.25, -0.2) is 14.6 Å². The third-order valence-electron chi connectivity index (χ3n) is 2.83. The van der Waals surface area contributed by atoms with E-state index in [0.717, 1.165) is 23.8 Å². The van der Waals surface area contributed by atoms with Gasteiger partial charge in [0, 0.05) is 30.6 Å². The highest BCUT2D eigenvalue weighted by molar-refractivity contribution is 5.26. The largest absolute Gasteiger partial charge is 0.238 e. The molecule has 0 N–H and O–H groups in total. The van der Waals surface area contributed by atoms with Crippen molar-refractivity contribution in [3.05, 3.63) is 71.9 Å². The maximum absolute atomic E-state index is 4.56. The second-order valence-electron chi connectivity index (χ2n) is 4.40. The molecule has 3 aromatic rings. The zero-order valence-electron chi connectivity index (χ0n) is 10.7. The molecule has 2 aromatic heterocycles. The normalized spacial score (nSPS) is 10.6. The smallest absolute Gasteiger partial charge is 0.157 e. The lowest BCUT2D eigenvalue weighted by Gasteiger charge is -2.06. The summed E-state index contributed by atoms with van der Waals surface area (Å²) in [5.74, 6) is 1.63. The fraction of sp³-hybridized carbons (Fsp3) is 0.133. The summed E-state index contributed by atoms with van der Waals surface area (Å²) in [6.45, 7) is 1.98. The first kappa shape index (κ1) is 11.6. The van der Waals surface area contributed by atoms with Crippen LogP contribution in [-0.2, 0) is 6.42 Å². The zero-order chi connectivity index (χ0) is 13.1. The van der Waals surface area contributed by atoms with Gasteiger partial charge in [0.25, 0.3) is 0 Å². The average Bonchev–Trinajstić information content (AvgIpc) is 2.93. The van der Waals surface area contributed by atoms with Gasteiger partial charge in [0.05, 0.1) is 0 Å². The van der Waals surface area contributed by atoms with E-state index < -0.39 is 0 Å². The molecule has 1 aromatic carbocycles. The molecular formula is C15H14N4. The molecule has 2 heterocycles. The van der Waals surface area contributed by atoms with Gasteiger partial charge in [0.15, 0.2) is 5.82 Å². The first-order chi connectivity index (χ1) is 9.31. The number of nitrogens with zero attached hydrogens (tertiary/aromatic N) is 4. The van der Waals surface area contributed by atoms with Crippen molar-refractivity contribution in [2.75, 3.05) is 0 Å². The van der Waals surface area contributed by atoms with Gasteiger partial charge in [0.2, 0.25) is 0 Å². The molecule has 0 saturated carbocycles. The molecule has 0 bridgehead atoms. The van der Waals surface area contributed by atoms with Crippen LogP contribution in [-0.4, -0.2) is 19.7 Å². The van der Waals surface area contributed by atoms with Crippen LogP contribution in [0.15, 0.2) is 54.9 Å². The molecular weight excluding hydrogens is 236 g/mol. The van der Waals surface area contributed by atoms with Crippen molar-refractivity contribution in [3.8, 4) is 5.82 Å². The Kier molecular flexibility index (Phi) is 3.06. The maximum Gasteiger partial charge on any atom is 0.157 e. The van der Waals surface area contributed by atoms with Crippen LogP contribution in [0.1, 0.15) is 17.1 Å². The first-order valence-electron chi connectivity index (χ1n) is 6.20. The van der Waals surface area contributed by atoms with Crippen LogP contribution < -0.4 is 0 Å². The third kappa shape index (κ3) is 2.68. The van der Waals surface area contributed by atoms with Gasteiger partial charge in [-0.1, -0.05) is 30.3 Å². The minimum atomic E-state index is 0.733. The molecule has 0 aliphatic heterocycles. The van der Waals surface area contributed by atoms with Gasteiger partial charge < -0.3 is 0 Å². The predicted molar refractivity (Wildman–Crippen MR) is 73.1 cm³/mol. The summed E-state index contributed by atoms with van der Waals surface area (Å²) in [7, 11) is 0. The van der Waals surface area contributed by atoms with Crippen LogP contribution in [0.5, 0.6) is 0 Å². The topological polar surface area (TPSA) is 43.6 Å². The minimum absolute atomic E-state index is 0.733. The van der Waals surface area contributed by atoms with Crippen molar-refractivity contribution < 1.29 is 0 Å². The van der Waals surface area contributed by atoms with Crippen LogP contribution in [0.2, 0.25) is 0 Å². The van der Waals surface area contributed by atoms with Gasteiger partial charge in [-0.3, -0.25) is 0 Å². The van der Waals surface area contributed by atoms with Crippen molar-refractivity contribution in [3.63, 3.8) is 0 Å². The average molecular weight is 250 g/mol. The molecule has 0 amide bonds. The molecule has 0 fully saturated rings. The van der Waals surface area contributed by atoms with Gasteiger partial charge in [-0.05, 0) is 18.6 Å². The van der Waals surface area contributed by atoms with E-state index in [0.29, 0.717) is 0 Å². The minimum Gasteiger partial charge on any atom is -0.238 e. The van der Waals surface area contributed by atoms with E-state index in [4.69, 9.17) is 0 Å². The second-order valence-corrected chi connectivity index (χ2v) is 4.40. The van der Waals surface area contributed by atoms with Crippen molar-refractivity contribution in [2.24, 2.45) is 0 Å². The highest BCUT2D eigenvalue weighted by Gasteiger charge is 2.05. The van der Waals surface area contributed by atoms with Crippen LogP contribution in [0.25, 0.3) is 5.82 Å². The van der Waals surface area contributed by atoms with Crippen molar-refractivity contribution in [2.45, 2.75) is 13.3 Å². The molecule has 0 spiro atoms. The lowest BCUT2D eigenvalue weighted by atomic mass is 10.1. The molecule has 0 aliphatic carbocycles. The summed E-state index contributed by atoms with van der Waals surface area (Å²) in [4.78, 5) is 9.05. The maximum atomic E-state index is 4.56. The first-order valence-corrected chi connectivity index (χ1v) is 6.20. The Bertz CT molecular complexity index is 660. The Hall–Kier alpha value is -2.49. The highest BCUT2D eigenvalue weighted by atomic mass is 15.3. The number of benzene rings is 1. The number of hydrogen-bond acceptors (Lipinski definition) is 3. The second kappa shape index (κ2) is 5.02. The summed E-state index contributed by atoms with van der Waals surface area (Å²) >= 11 is 0. The monoisotopic (exact) mass is 250 g/mol. The standard InChI is InChI=1S/C15H14N4/c1-12-10-15(19-9-5-8-16-19)18-14(17-12)11-13-6-3-2-4-7-13/h2-10H,11H2,1H3. The van der Waals surface area contributed by atoms with E-state index in [9.17, 15) is 0 Å². The molecule has 19 heavy (non-hydrogen) atoms. The summed E-state index contributed by atoms with van der Waals surface area (Å²) in [5.41, 5.74) is 2.16. The van der Waals surface area contributed by atoms with Gasteiger partial charge in [0.1, 0.15) is 5.82 Å². The molecule has 0 unspecified atom stereocenters. The Morgan fingerprint density at radius 2 is 1.89 bits per heavy atom. The number of aromatic nitrogens is 4. The fourth-order valence-corrected chi connectivity index (χ4v) is 1.99. The van der Waals surface area contributed by atoms with Crippen LogP contribution >= 0.6 is 0 Å².